The van der Waals surface area contributed by atoms with E-state index in [4.69, 9.17) is 0 Å². The molecule has 1 saturated heterocycles. The van der Waals surface area contributed by atoms with Crippen molar-refractivity contribution in [3.8, 4) is 0 Å². The van der Waals surface area contributed by atoms with Crippen LogP contribution in [-0.2, 0) is 0 Å². The summed E-state index contributed by atoms with van der Waals surface area (Å²) in [5.74, 6) is 1.27. The zero-order valence-corrected chi connectivity index (χ0v) is 12.1. The maximum absolute atomic E-state index is 3.52. The monoisotopic (exact) mass is 246 g/mol. The van der Waals surface area contributed by atoms with Crippen molar-refractivity contribution in [1.29, 1.82) is 0 Å². The molecule has 0 radical (unpaired) electrons. The summed E-state index contributed by atoms with van der Waals surface area (Å²) in [4.78, 5) is 2.61. The highest BCUT2D eigenvalue weighted by atomic mass is 15.2. The number of benzene rings is 1. The topological polar surface area (TPSA) is 15.3 Å². The van der Waals surface area contributed by atoms with Crippen LogP contribution in [0, 0.1) is 5.92 Å². The average molecular weight is 246 g/mol. The number of anilines is 1. The van der Waals surface area contributed by atoms with Crippen molar-refractivity contribution < 1.29 is 0 Å². The highest BCUT2D eigenvalue weighted by Crippen LogP contribution is 2.30. The third kappa shape index (κ3) is 2.69. The van der Waals surface area contributed by atoms with Gasteiger partial charge in [-0.15, -0.1) is 0 Å². The lowest BCUT2D eigenvalue weighted by Gasteiger charge is -2.41. The van der Waals surface area contributed by atoms with Crippen LogP contribution in [0.4, 0.5) is 5.69 Å². The van der Waals surface area contributed by atoms with Gasteiger partial charge in [0.25, 0.3) is 0 Å². The molecule has 0 aromatic heterocycles. The van der Waals surface area contributed by atoms with E-state index in [1.807, 2.05) is 0 Å². The predicted molar refractivity (Wildman–Crippen MR) is 79.4 cm³/mol. The summed E-state index contributed by atoms with van der Waals surface area (Å²) in [6.07, 6.45) is 0. The minimum absolute atomic E-state index is 0.587. The second-order valence-electron chi connectivity index (χ2n) is 5.92. The molecule has 18 heavy (non-hydrogen) atoms. The largest absolute Gasteiger partial charge is 0.366 e. The average Bonchev–Trinajstić information content (AvgIpc) is 2.38. The third-order valence-corrected chi connectivity index (χ3v) is 3.92. The van der Waals surface area contributed by atoms with Gasteiger partial charge in [0.1, 0.15) is 0 Å². The van der Waals surface area contributed by atoms with E-state index in [1.165, 1.54) is 11.3 Å². The molecule has 0 amide bonds. The summed E-state index contributed by atoms with van der Waals surface area (Å²) in [6.45, 7) is 12.5. The van der Waals surface area contributed by atoms with E-state index in [9.17, 15) is 0 Å². The fourth-order valence-electron chi connectivity index (χ4n) is 2.86. The minimum atomic E-state index is 0.587. The van der Waals surface area contributed by atoms with E-state index in [1.54, 1.807) is 0 Å². The standard InChI is InChI=1S/C16H26N2/c1-12(2)14-7-5-6-8-15(14)18-10-9-17-11-16(18)13(3)4/h5-8,12-13,16-17H,9-11H2,1-4H3. The van der Waals surface area contributed by atoms with Gasteiger partial charge in [0.2, 0.25) is 0 Å². The van der Waals surface area contributed by atoms with Gasteiger partial charge in [-0.3, -0.25) is 0 Å². The Morgan fingerprint density at radius 3 is 2.56 bits per heavy atom. The maximum atomic E-state index is 3.52. The quantitative estimate of drug-likeness (QED) is 0.881. The SMILES string of the molecule is CC(C)c1ccccc1N1CCNCC1C(C)C. The molecular weight excluding hydrogens is 220 g/mol. The highest BCUT2D eigenvalue weighted by Gasteiger charge is 2.26. The van der Waals surface area contributed by atoms with Gasteiger partial charge in [0.15, 0.2) is 0 Å². The van der Waals surface area contributed by atoms with Gasteiger partial charge >= 0.3 is 0 Å². The zero-order chi connectivity index (χ0) is 13.1. The van der Waals surface area contributed by atoms with Gasteiger partial charge in [-0.2, -0.15) is 0 Å². The van der Waals surface area contributed by atoms with Crippen LogP contribution in [0.3, 0.4) is 0 Å². The van der Waals surface area contributed by atoms with Crippen molar-refractivity contribution in [3.05, 3.63) is 29.8 Å². The van der Waals surface area contributed by atoms with Gasteiger partial charge in [-0.1, -0.05) is 45.9 Å². The van der Waals surface area contributed by atoms with E-state index >= 15 is 0 Å². The molecule has 1 aromatic carbocycles. The number of hydrogen-bond acceptors (Lipinski definition) is 2. The number of para-hydroxylation sites is 1. The molecule has 0 saturated carbocycles. The molecule has 2 nitrogen and oxygen atoms in total. The third-order valence-electron chi connectivity index (χ3n) is 3.92. The van der Waals surface area contributed by atoms with E-state index in [0.29, 0.717) is 17.9 Å². The summed E-state index contributed by atoms with van der Waals surface area (Å²) in [5, 5.41) is 3.52. The summed E-state index contributed by atoms with van der Waals surface area (Å²) in [6, 6.07) is 9.50. The first-order valence-electron chi connectivity index (χ1n) is 7.17. The molecule has 2 heteroatoms. The Labute approximate surface area is 111 Å². The Kier molecular flexibility index (Phi) is 4.28. The molecule has 0 spiro atoms. The molecule has 1 fully saturated rings. The van der Waals surface area contributed by atoms with Crippen molar-refractivity contribution in [3.63, 3.8) is 0 Å². The number of nitrogens with one attached hydrogen (secondary N) is 1. The zero-order valence-electron chi connectivity index (χ0n) is 12.1. The summed E-state index contributed by atoms with van der Waals surface area (Å²) in [7, 11) is 0. The fraction of sp³-hybridized carbons (Fsp3) is 0.625. The van der Waals surface area contributed by atoms with Gasteiger partial charge < -0.3 is 10.2 Å². The van der Waals surface area contributed by atoms with Crippen molar-refractivity contribution >= 4 is 5.69 Å². The number of nitrogens with zero attached hydrogens (tertiary/aromatic N) is 1. The van der Waals surface area contributed by atoms with Crippen LogP contribution < -0.4 is 10.2 Å². The van der Waals surface area contributed by atoms with Crippen molar-refractivity contribution in [2.45, 2.75) is 39.7 Å². The van der Waals surface area contributed by atoms with Crippen LogP contribution in [0.5, 0.6) is 0 Å². The normalized spacial score (nSPS) is 20.8. The van der Waals surface area contributed by atoms with Crippen molar-refractivity contribution in [2.24, 2.45) is 5.92 Å². The van der Waals surface area contributed by atoms with Gasteiger partial charge in [-0.25, -0.2) is 0 Å². The maximum Gasteiger partial charge on any atom is 0.0438 e. The lowest BCUT2D eigenvalue weighted by Crippen LogP contribution is -2.54. The molecule has 1 atom stereocenters. The Morgan fingerprint density at radius 1 is 1.17 bits per heavy atom. The Morgan fingerprint density at radius 2 is 1.89 bits per heavy atom. The molecule has 1 aromatic rings. The van der Waals surface area contributed by atoms with Crippen LogP contribution in [0.1, 0.15) is 39.2 Å². The van der Waals surface area contributed by atoms with E-state index < -0.39 is 0 Å². The molecule has 100 valence electrons. The molecule has 1 aliphatic rings. The molecule has 1 unspecified atom stereocenters. The Hall–Kier alpha value is -1.02. The first-order chi connectivity index (χ1) is 8.61. The van der Waals surface area contributed by atoms with Gasteiger partial charge in [0.05, 0.1) is 0 Å². The first kappa shape index (κ1) is 13.4. The molecule has 0 bridgehead atoms. The van der Waals surface area contributed by atoms with Crippen LogP contribution >= 0.6 is 0 Å². The molecule has 1 aliphatic heterocycles. The molecule has 1 heterocycles. The molecular formula is C16H26N2. The van der Waals surface area contributed by atoms with Gasteiger partial charge in [-0.05, 0) is 23.5 Å². The van der Waals surface area contributed by atoms with E-state index in [-0.39, 0.29) is 0 Å². The van der Waals surface area contributed by atoms with Crippen LogP contribution in [-0.4, -0.2) is 25.7 Å². The second-order valence-corrected chi connectivity index (χ2v) is 5.92. The van der Waals surface area contributed by atoms with Crippen molar-refractivity contribution in [1.82, 2.24) is 5.32 Å². The fourth-order valence-corrected chi connectivity index (χ4v) is 2.86. The number of hydrogen-bond donors (Lipinski definition) is 1. The summed E-state index contributed by atoms with van der Waals surface area (Å²) in [5.41, 5.74) is 2.91. The smallest absolute Gasteiger partial charge is 0.0438 e. The van der Waals surface area contributed by atoms with Crippen LogP contribution in [0.15, 0.2) is 24.3 Å². The lowest BCUT2D eigenvalue weighted by molar-refractivity contribution is 0.389. The van der Waals surface area contributed by atoms with Gasteiger partial charge in [0, 0.05) is 31.4 Å². The first-order valence-corrected chi connectivity index (χ1v) is 7.17. The molecule has 2 rings (SSSR count). The van der Waals surface area contributed by atoms with Crippen molar-refractivity contribution in [2.75, 3.05) is 24.5 Å². The van der Waals surface area contributed by atoms with Crippen LogP contribution in [0.25, 0.3) is 0 Å². The Balaban J connectivity index is 2.33. The van der Waals surface area contributed by atoms with E-state index in [0.717, 1.165) is 19.6 Å². The second kappa shape index (κ2) is 5.75. The lowest BCUT2D eigenvalue weighted by atomic mass is 9.95. The van der Waals surface area contributed by atoms with Crippen LogP contribution in [0.2, 0.25) is 0 Å². The van der Waals surface area contributed by atoms with E-state index in [2.05, 4.69) is 62.2 Å². The molecule has 1 N–H and O–H groups in total. The number of piperazine rings is 1. The summed E-state index contributed by atoms with van der Waals surface area (Å²) < 4.78 is 0. The predicted octanol–water partition coefficient (Wildman–Crippen LogP) is 3.24. The minimum Gasteiger partial charge on any atom is -0.366 e. The highest BCUT2D eigenvalue weighted by molar-refractivity contribution is 5.56. The Bertz CT molecular complexity index is 384. The summed E-state index contributed by atoms with van der Waals surface area (Å²) >= 11 is 0. The molecule has 0 aliphatic carbocycles. The number of rotatable bonds is 3.